The first kappa shape index (κ1) is 24.1. The first-order valence-corrected chi connectivity index (χ1v) is 11.7. The van der Waals surface area contributed by atoms with Crippen molar-refractivity contribution in [3.63, 3.8) is 0 Å². The van der Waals surface area contributed by atoms with E-state index in [0.29, 0.717) is 36.6 Å². The van der Waals surface area contributed by atoms with Crippen molar-refractivity contribution >= 4 is 33.2 Å². The zero-order valence-corrected chi connectivity index (χ0v) is 18.3. The molecule has 3 N–H and O–H groups in total. The van der Waals surface area contributed by atoms with Gasteiger partial charge in [0.2, 0.25) is 5.91 Å². The van der Waals surface area contributed by atoms with Gasteiger partial charge in [0.1, 0.15) is 5.82 Å². The quantitative estimate of drug-likeness (QED) is 0.477. The predicted octanol–water partition coefficient (Wildman–Crippen LogP) is 3.70. The van der Waals surface area contributed by atoms with Gasteiger partial charge in [-0.3, -0.25) is 9.10 Å². The van der Waals surface area contributed by atoms with Gasteiger partial charge in [-0.2, -0.15) is 0 Å². The minimum Gasteiger partial charge on any atom is -0.356 e. The van der Waals surface area contributed by atoms with Crippen LogP contribution < -0.4 is 15.4 Å². The van der Waals surface area contributed by atoms with Crippen molar-refractivity contribution in [3.05, 3.63) is 59.4 Å². The van der Waals surface area contributed by atoms with Gasteiger partial charge in [-0.05, 0) is 74.3 Å². The summed E-state index contributed by atoms with van der Waals surface area (Å²) in [7, 11) is -3.88. The van der Waals surface area contributed by atoms with E-state index in [2.05, 4.69) is 5.32 Å². The first-order valence-electron chi connectivity index (χ1n) is 9.85. The molecule has 0 saturated heterocycles. The molecule has 2 rings (SSSR count). The Morgan fingerprint density at radius 1 is 1.00 bits per heavy atom. The van der Waals surface area contributed by atoms with Crippen molar-refractivity contribution in [2.24, 2.45) is 5.73 Å². The molecule has 0 aliphatic carbocycles. The van der Waals surface area contributed by atoms with E-state index in [9.17, 15) is 17.6 Å². The lowest BCUT2D eigenvalue weighted by Crippen LogP contribution is -2.34. The normalized spacial score (nSPS) is 11.3. The number of carbonyl (C=O) groups is 1. The number of halogens is 2. The third kappa shape index (κ3) is 7.27. The second-order valence-corrected chi connectivity index (χ2v) is 9.11. The SMILES string of the molecule is NCCCCCC(=O)NCCCN(c1ccc(F)cc1)S(=O)(=O)c1ccc(Cl)cc1. The molecule has 1 amide bonds. The Morgan fingerprint density at radius 2 is 1.67 bits per heavy atom. The summed E-state index contributed by atoms with van der Waals surface area (Å²) in [4.78, 5) is 12.0. The van der Waals surface area contributed by atoms with E-state index in [1.807, 2.05) is 0 Å². The van der Waals surface area contributed by atoms with Crippen molar-refractivity contribution in [2.45, 2.75) is 37.0 Å². The molecule has 164 valence electrons. The highest BCUT2D eigenvalue weighted by atomic mass is 35.5. The molecule has 9 heteroatoms. The summed E-state index contributed by atoms with van der Waals surface area (Å²) >= 11 is 5.86. The summed E-state index contributed by atoms with van der Waals surface area (Å²) in [5.74, 6) is -0.523. The summed E-state index contributed by atoms with van der Waals surface area (Å²) in [5.41, 5.74) is 5.78. The Balaban J connectivity index is 2.03. The van der Waals surface area contributed by atoms with Gasteiger partial charge < -0.3 is 11.1 Å². The third-order valence-corrected chi connectivity index (χ3v) is 6.58. The molecular weight excluding hydrogens is 429 g/mol. The summed E-state index contributed by atoms with van der Waals surface area (Å²) in [5, 5.41) is 3.23. The van der Waals surface area contributed by atoms with Crippen LogP contribution in [0.1, 0.15) is 32.1 Å². The number of hydrogen-bond acceptors (Lipinski definition) is 4. The molecule has 0 aromatic heterocycles. The zero-order chi connectivity index (χ0) is 22.0. The smallest absolute Gasteiger partial charge is 0.264 e. The van der Waals surface area contributed by atoms with E-state index >= 15 is 0 Å². The first-order chi connectivity index (χ1) is 14.3. The Hall–Kier alpha value is -2.16. The highest BCUT2D eigenvalue weighted by molar-refractivity contribution is 7.92. The largest absolute Gasteiger partial charge is 0.356 e. The molecule has 0 spiro atoms. The van der Waals surface area contributed by atoms with Crippen LogP contribution >= 0.6 is 11.6 Å². The second-order valence-electron chi connectivity index (χ2n) is 6.81. The Kier molecular flexibility index (Phi) is 9.55. The number of unbranched alkanes of at least 4 members (excludes halogenated alkanes) is 2. The fourth-order valence-electron chi connectivity index (χ4n) is 2.87. The highest BCUT2D eigenvalue weighted by Crippen LogP contribution is 2.25. The van der Waals surface area contributed by atoms with Crippen molar-refractivity contribution < 1.29 is 17.6 Å². The van der Waals surface area contributed by atoms with E-state index in [1.165, 1.54) is 52.8 Å². The molecule has 0 unspecified atom stereocenters. The summed E-state index contributed by atoms with van der Waals surface area (Å²) in [6.07, 6.45) is 3.39. The number of benzene rings is 2. The number of carbonyl (C=O) groups excluding carboxylic acids is 1. The van der Waals surface area contributed by atoms with Crippen molar-refractivity contribution in [1.82, 2.24) is 5.32 Å². The molecule has 2 aromatic rings. The maximum Gasteiger partial charge on any atom is 0.264 e. The molecule has 6 nitrogen and oxygen atoms in total. The van der Waals surface area contributed by atoms with Crippen LogP contribution in [-0.4, -0.2) is 34.0 Å². The van der Waals surface area contributed by atoms with E-state index in [1.54, 1.807) is 0 Å². The molecule has 0 fully saturated rings. The second kappa shape index (κ2) is 11.9. The van der Waals surface area contributed by atoms with Crippen molar-refractivity contribution in [2.75, 3.05) is 23.9 Å². The van der Waals surface area contributed by atoms with E-state index < -0.39 is 15.8 Å². The summed E-state index contributed by atoms with van der Waals surface area (Å²) in [6, 6.07) is 11.1. The molecule has 0 bridgehead atoms. The molecule has 0 aliphatic rings. The molecule has 0 saturated carbocycles. The van der Waals surface area contributed by atoms with Crippen LogP contribution in [0.2, 0.25) is 5.02 Å². The lowest BCUT2D eigenvalue weighted by Gasteiger charge is -2.24. The maximum atomic E-state index is 13.3. The topological polar surface area (TPSA) is 92.5 Å². The van der Waals surface area contributed by atoms with E-state index in [-0.39, 0.29) is 17.3 Å². The van der Waals surface area contributed by atoms with Crippen molar-refractivity contribution in [1.29, 1.82) is 0 Å². The summed E-state index contributed by atoms with van der Waals surface area (Å²) in [6.45, 7) is 1.08. The number of sulfonamides is 1. The van der Waals surface area contributed by atoms with Gasteiger partial charge in [-0.25, -0.2) is 12.8 Å². The Labute approximate surface area is 182 Å². The van der Waals surface area contributed by atoms with Gasteiger partial charge in [-0.15, -0.1) is 0 Å². The molecule has 0 aliphatic heterocycles. The average Bonchev–Trinajstić information content (AvgIpc) is 2.72. The Morgan fingerprint density at radius 3 is 2.30 bits per heavy atom. The zero-order valence-electron chi connectivity index (χ0n) is 16.7. The molecule has 0 heterocycles. The van der Waals surface area contributed by atoms with Gasteiger partial charge in [0.05, 0.1) is 10.6 Å². The molecule has 30 heavy (non-hydrogen) atoms. The van der Waals surface area contributed by atoms with Crippen LogP contribution in [0.25, 0.3) is 0 Å². The minimum atomic E-state index is -3.88. The lowest BCUT2D eigenvalue weighted by molar-refractivity contribution is -0.121. The number of rotatable bonds is 12. The molecule has 0 radical (unpaired) electrons. The standard InChI is InChI=1S/C21H27ClFN3O3S/c22-17-6-12-20(13-7-17)30(28,29)26(19-10-8-18(23)9-11-19)16-4-15-25-21(27)5-2-1-3-14-24/h6-13H,1-5,14-16,24H2,(H,25,27). The number of nitrogens with two attached hydrogens (primary N) is 1. The van der Waals surface area contributed by atoms with Crippen LogP contribution in [-0.2, 0) is 14.8 Å². The van der Waals surface area contributed by atoms with Crippen LogP contribution in [0.4, 0.5) is 10.1 Å². The number of anilines is 1. The fraction of sp³-hybridized carbons (Fsp3) is 0.381. The van der Waals surface area contributed by atoms with Gasteiger partial charge in [0.25, 0.3) is 10.0 Å². The van der Waals surface area contributed by atoms with Crippen molar-refractivity contribution in [3.8, 4) is 0 Å². The Bertz CT molecular complexity index is 906. The maximum absolute atomic E-state index is 13.3. The van der Waals surface area contributed by atoms with Crippen LogP contribution in [0.5, 0.6) is 0 Å². The number of amides is 1. The fourth-order valence-corrected chi connectivity index (χ4v) is 4.50. The third-order valence-electron chi connectivity index (χ3n) is 4.48. The van der Waals surface area contributed by atoms with Crippen LogP contribution in [0, 0.1) is 5.82 Å². The summed E-state index contributed by atoms with van der Waals surface area (Å²) < 4.78 is 40.8. The van der Waals surface area contributed by atoms with Gasteiger partial charge in [-0.1, -0.05) is 18.0 Å². The number of nitrogens with zero attached hydrogens (tertiary/aromatic N) is 1. The highest BCUT2D eigenvalue weighted by Gasteiger charge is 2.24. The number of hydrogen-bond donors (Lipinski definition) is 2. The van der Waals surface area contributed by atoms with Gasteiger partial charge in [0, 0.05) is 24.5 Å². The average molecular weight is 456 g/mol. The van der Waals surface area contributed by atoms with E-state index in [4.69, 9.17) is 17.3 Å². The predicted molar refractivity (Wildman–Crippen MR) is 118 cm³/mol. The number of nitrogens with one attached hydrogen (secondary N) is 1. The molecule has 0 atom stereocenters. The van der Waals surface area contributed by atoms with Gasteiger partial charge >= 0.3 is 0 Å². The van der Waals surface area contributed by atoms with Crippen LogP contribution in [0.15, 0.2) is 53.4 Å². The van der Waals surface area contributed by atoms with E-state index in [0.717, 1.165) is 19.3 Å². The minimum absolute atomic E-state index is 0.0686. The molecule has 2 aromatic carbocycles. The van der Waals surface area contributed by atoms with Gasteiger partial charge in [0.15, 0.2) is 0 Å². The molecular formula is C21H27ClFN3O3S. The van der Waals surface area contributed by atoms with Crippen LogP contribution in [0.3, 0.4) is 0 Å². The lowest BCUT2D eigenvalue weighted by atomic mass is 10.2. The monoisotopic (exact) mass is 455 g/mol.